The number of aromatic nitrogens is 2. The molecule has 8 heteroatoms. The minimum Gasteiger partial charge on any atom is -0.473 e. The zero-order chi connectivity index (χ0) is 14.7. The van der Waals surface area contributed by atoms with Gasteiger partial charge in [0.15, 0.2) is 15.9 Å². The number of thioether (sulfide) groups is 1. The minimum absolute atomic E-state index is 0.00439. The van der Waals surface area contributed by atoms with Crippen LogP contribution < -0.4 is 4.74 Å². The minimum atomic E-state index is -0.642. The van der Waals surface area contributed by atoms with Gasteiger partial charge < -0.3 is 14.6 Å². The average molecular weight is 319 g/mol. The van der Waals surface area contributed by atoms with E-state index in [4.69, 9.17) is 16.3 Å². The molecule has 1 N–H and O–H groups in total. The molecule has 0 saturated heterocycles. The van der Waals surface area contributed by atoms with E-state index < -0.39 is 5.97 Å². The SMILES string of the molecule is COC(=O)c1c(Cl)nc(SC)nc1O[C@H]1CC[C@@H](O)C1. The molecule has 0 unspecified atom stereocenters. The Hall–Kier alpha value is -1.05. The molecule has 0 amide bonds. The van der Waals surface area contributed by atoms with Gasteiger partial charge in [0, 0.05) is 6.42 Å². The number of carbonyl (C=O) groups excluding carboxylic acids is 1. The van der Waals surface area contributed by atoms with Gasteiger partial charge in [-0.15, -0.1) is 0 Å². The number of carbonyl (C=O) groups is 1. The van der Waals surface area contributed by atoms with Crippen molar-refractivity contribution in [2.45, 2.75) is 36.6 Å². The maximum Gasteiger partial charge on any atom is 0.346 e. The third kappa shape index (κ3) is 3.34. The Bertz CT molecular complexity index is 514. The molecule has 0 aliphatic heterocycles. The summed E-state index contributed by atoms with van der Waals surface area (Å²) < 4.78 is 10.4. The van der Waals surface area contributed by atoms with Gasteiger partial charge in [-0.2, -0.15) is 4.98 Å². The Morgan fingerprint density at radius 2 is 2.20 bits per heavy atom. The molecular weight excluding hydrogens is 304 g/mol. The third-order valence-electron chi connectivity index (χ3n) is 3.02. The molecule has 1 fully saturated rings. The number of aliphatic hydroxyl groups is 1. The molecule has 1 heterocycles. The number of halogens is 1. The van der Waals surface area contributed by atoms with Crippen molar-refractivity contribution in [3.63, 3.8) is 0 Å². The Balaban J connectivity index is 2.32. The fraction of sp³-hybridized carbons (Fsp3) is 0.583. The fourth-order valence-electron chi connectivity index (χ4n) is 2.03. The van der Waals surface area contributed by atoms with Crippen LogP contribution in [0.3, 0.4) is 0 Å². The summed E-state index contributed by atoms with van der Waals surface area (Å²) in [5, 5.41) is 9.94. The van der Waals surface area contributed by atoms with Crippen LogP contribution in [0.1, 0.15) is 29.6 Å². The van der Waals surface area contributed by atoms with Crippen molar-refractivity contribution in [3.8, 4) is 5.88 Å². The summed E-state index contributed by atoms with van der Waals surface area (Å²) in [6.07, 6.45) is 3.13. The molecular formula is C12H15ClN2O4S. The van der Waals surface area contributed by atoms with Crippen LogP contribution in [0, 0.1) is 0 Å². The van der Waals surface area contributed by atoms with Crippen LogP contribution in [0.2, 0.25) is 5.15 Å². The second-order valence-electron chi connectivity index (χ2n) is 4.38. The van der Waals surface area contributed by atoms with Crippen molar-refractivity contribution in [3.05, 3.63) is 10.7 Å². The zero-order valence-corrected chi connectivity index (χ0v) is 12.7. The molecule has 20 heavy (non-hydrogen) atoms. The van der Waals surface area contributed by atoms with Crippen LogP contribution in [0.4, 0.5) is 0 Å². The summed E-state index contributed by atoms with van der Waals surface area (Å²) in [6.45, 7) is 0. The molecule has 0 bridgehead atoms. The summed E-state index contributed by atoms with van der Waals surface area (Å²) in [7, 11) is 1.25. The van der Waals surface area contributed by atoms with Crippen molar-refractivity contribution in [1.82, 2.24) is 9.97 Å². The van der Waals surface area contributed by atoms with Crippen LogP contribution in [0.25, 0.3) is 0 Å². The van der Waals surface area contributed by atoms with E-state index in [1.165, 1.54) is 18.9 Å². The van der Waals surface area contributed by atoms with Gasteiger partial charge in [-0.25, -0.2) is 9.78 Å². The van der Waals surface area contributed by atoms with Gasteiger partial charge in [0.05, 0.1) is 13.2 Å². The normalized spacial score (nSPS) is 21.8. The summed E-state index contributed by atoms with van der Waals surface area (Å²) in [6, 6.07) is 0. The van der Waals surface area contributed by atoms with Crippen LogP contribution >= 0.6 is 23.4 Å². The van der Waals surface area contributed by atoms with E-state index in [1.54, 1.807) is 6.26 Å². The summed E-state index contributed by atoms with van der Waals surface area (Å²) in [4.78, 5) is 19.9. The van der Waals surface area contributed by atoms with Gasteiger partial charge in [-0.3, -0.25) is 0 Å². The van der Waals surface area contributed by atoms with Crippen molar-refractivity contribution >= 4 is 29.3 Å². The summed E-state index contributed by atoms with van der Waals surface area (Å²) in [5.41, 5.74) is 0.0216. The molecule has 110 valence electrons. The fourth-order valence-corrected chi connectivity index (χ4v) is 2.67. The number of rotatable bonds is 4. The standard InChI is InChI=1S/C12H15ClN2O4S/c1-18-11(17)8-9(13)14-12(20-2)15-10(8)19-7-4-3-6(16)5-7/h6-7,16H,3-5H2,1-2H3/t6-,7+/m1/s1. The number of ether oxygens (including phenoxy) is 2. The van der Waals surface area contributed by atoms with E-state index >= 15 is 0 Å². The maximum absolute atomic E-state index is 11.8. The number of esters is 1. The van der Waals surface area contributed by atoms with Crippen LogP contribution in [-0.2, 0) is 4.74 Å². The first-order valence-electron chi connectivity index (χ1n) is 6.09. The molecule has 2 rings (SSSR count). The lowest BCUT2D eigenvalue weighted by Gasteiger charge is -2.15. The Morgan fingerprint density at radius 1 is 1.45 bits per heavy atom. The largest absolute Gasteiger partial charge is 0.473 e. The van der Waals surface area contributed by atoms with Crippen molar-refractivity contribution in [2.75, 3.05) is 13.4 Å². The Labute approximate surface area is 125 Å². The number of hydrogen-bond donors (Lipinski definition) is 1. The number of hydrogen-bond acceptors (Lipinski definition) is 7. The topological polar surface area (TPSA) is 81.5 Å². The lowest BCUT2D eigenvalue weighted by molar-refractivity contribution is 0.0590. The molecule has 0 aromatic carbocycles. The Kier molecular flexibility index (Phi) is 5.06. The molecule has 1 aromatic heterocycles. The molecule has 0 spiro atoms. The second-order valence-corrected chi connectivity index (χ2v) is 5.51. The van der Waals surface area contributed by atoms with Gasteiger partial charge >= 0.3 is 5.97 Å². The van der Waals surface area contributed by atoms with Crippen molar-refractivity contribution in [1.29, 1.82) is 0 Å². The van der Waals surface area contributed by atoms with E-state index in [0.29, 0.717) is 24.4 Å². The predicted octanol–water partition coefficient (Wildman–Crippen LogP) is 1.93. The molecule has 2 atom stereocenters. The average Bonchev–Trinajstić information content (AvgIpc) is 2.82. The smallest absolute Gasteiger partial charge is 0.346 e. The van der Waals surface area contributed by atoms with E-state index in [0.717, 1.165) is 0 Å². The Morgan fingerprint density at radius 3 is 2.75 bits per heavy atom. The predicted molar refractivity (Wildman–Crippen MR) is 74.4 cm³/mol. The van der Waals surface area contributed by atoms with Gasteiger partial charge in [-0.1, -0.05) is 23.4 Å². The van der Waals surface area contributed by atoms with E-state index in [1.807, 2.05) is 0 Å². The van der Waals surface area contributed by atoms with E-state index in [9.17, 15) is 9.90 Å². The van der Waals surface area contributed by atoms with Crippen LogP contribution in [0.5, 0.6) is 5.88 Å². The first-order chi connectivity index (χ1) is 9.55. The number of nitrogens with zero attached hydrogens (tertiary/aromatic N) is 2. The maximum atomic E-state index is 11.8. The number of aliphatic hydroxyl groups excluding tert-OH is 1. The van der Waals surface area contributed by atoms with Gasteiger partial charge in [-0.05, 0) is 19.1 Å². The van der Waals surface area contributed by atoms with Gasteiger partial charge in [0.25, 0.3) is 0 Å². The highest BCUT2D eigenvalue weighted by Crippen LogP contribution is 2.30. The molecule has 0 radical (unpaired) electrons. The van der Waals surface area contributed by atoms with Crippen LogP contribution in [-0.4, -0.2) is 46.6 Å². The quantitative estimate of drug-likeness (QED) is 0.393. The van der Waals surface area contributed by atoms with Gasteiger partial charge in [0.1, 0.15) is 6.10 Å². The summed E-state index contributed by atoms with van der Waals surface area (Å²) >= 11 is 7.30. The van der Waals surface area contributed by atoms with Gasteiger partial charge in [0.2, 0.25) is 5.88 Å². The molecule has 1 aliphatic carbocycles. The highest BCUT2D eigenvalue weighted by molar-refractivity contribution is 7.98. The zero-order valence-electron chi connectivity index (χ0n) is 11.1. The monoisotopic (exact) mass is 318 g/mol. The number of methoxy groups -OCH3 is 1. The lowest BCUT2D eigenvalue weighted by Crippen LogP contribution is -2.18. The van der Waals surface area contributed by atoms with Crippen molar-refractivity contribution < 1.29 is 19.4 Å². The van der Waals surface area contributed by atoms with E-state index in [2.05, 4.69) is 14.7 Å². The molecule has 1 aromatic rings. The highest BCUT2D eigenvalue weighted by atomic mass is 35.5. The highest BCUT2D eigenvalue weighted by Gasteiger charge is 2.29. The summed E-state index contributed by atoms with van der Waals surface area (Å²) in [5.74, 6) is -0.531. The third-order valence-corrected chi connectivity index (χ3v) is 3.84. The van der Waals surface area contributed by atoms with Crippen LogP contribution in [0.15, 0.2) is 5.16 Å². The first-order valence-corrected chi connectivity index (χ1v) is 7.70. The molecule has 6 nitrogen and oxygen atoms in total. The molecule has 1 saturated carbocycles. The van der Waals surface area contributed by atoms with E-state index in [-0.39, 0.29) is 28.8 Å². The second kappa shape index (κ2) is 6.60. The lowest BCUT2D eigenvalue weighted by atomic mass is 10.3. The first kappa shape index (κ1) is 15.3. The van der Waals surface area contributed by atoms with Crippen molar-refractivity contribution in [2.24, 2.45) is 0 Å². The molecule has 1 aliphatic rings.